The number of methoxy groups -OCH3 is 1. The molecule has 0 aromatic carbocycles. The molecule has 2 aliphatic rings. The van der Waals surface area contributed by atoms with Gasteiger partial charge in [-0.3, -0.25) is 19.2 Å². The van der Waals surface area contributed by atoms with Crippen LogP contribution in [0, 0.1) is 0 Å². The topological polar surface area (TPSA) is 192 Å². The van der Waals surface area contributed by atoms with Gasteiger partial charge < -0.3 is 52.5 Å². The minimum Gasteiger partial charge on any atom is -0.463 e. The molecule has 0 bridgehead atoms. The van der Waals surface area contributed by atoms with Crippen molar-refractivity contribution in [2.75, 3.05) is 20.3 Å². The Morgan fingerprint density at radius 2 is 1.21 bits per heavy atom. The van der Waals surface area contributed by atoms with Crippen LogP contribution < -0.4 is 0 Å². The van der Waals surface area contributed by atoms with Gasteiger partial charge in [-0.25, -0.2) is 0 Å². The van der Waals surface area contributed by atoms with Gasteiger partial charge in [-0.1, -0.05) is 20.8 Å². The van der Waals surface area contributed by atoms with Gasteiger partial charge >= 0.3 is 23.9 Å². The van der Waals surface area contributed by atoms with Crippen molar-refractivity contribution in [2.45, 2.75) is 128 Å². The van der Waals surface area contributed by atoms with Crippen molar-refractivity contribution in [1.82, 2.24) is 0 Å². The maximum absolute atomic E-state index is 12.1. The zero-order valence-corrected chi connectivity index (χ0v) is 27.4. The van der Waals surface area contributed by atoms with E-state index in [1.165, 1.54) is 7.11 Å². The van der Waals surface area contributed by atoms with E-state index in [9.17, 15) is 29.4 Å². The Balaban J connectivity index is 2.47. The number of rotatable bonds is 11. The lowest BCUT2D eigenvalue weighted by atomic mass is 9.96. The number of aliphatic hydroxyl groups excluding tert-OH is 2. The van der Waals surface area contributed by atoms with Gasteiger partial charge in [0.15, 0.2) is 39.2 Å². The van der Waals surface area contributed by atoms with Crippen LogP contribution in [-0.4, -0.2) is 124 Å². The average molecular weight is 639 g/mol. The van der Waals surface area contributed by atoms with Gasteiger partial charge in [0, 0.05) is 34.8 Å². The van der Waals surface area contributed by atoms with Crippen LogP contribution in [0.1, 0.15) is 48.5 Å². The molecule has 248 valence electrons. The van der Waals surface area contributed by atoms with E-state index in [0.29, 0.717) is 0 Å². The zero-order valence-electron chi connectivity index (χ0n) is 26.4. The van der Waals surface area contributed by atoms with Gasteiger partial charge in [0.05, 0.1) is 6.61 Å². The van der Waals surface area contributed by atoms with Crippen LogP contribution in [0.5, 0.6) is 0 Å². The van der Waals surface area contributed by atoms with E-state index in [4.69, 9.17) is 42.3 Å². The smallest absolute Gasteiger partial charge is 0.303 e. The molecule has 2 saturated heterocycles. The third-order valence-corrected chi connectivity index (χ3v) is 12.0. The fraction of sp³-hybridized carbons (Fsp3) is 0.852. The van der Waals surface area contributed by atoms with E-state index in [0.717, 1.165) is 27.7 Å². The Kier molecular flexibility index (Phi) is 13.1. The van der Waals surface area contributed by atoms with E-state index in [1.807, 2.05) is 13.1 Å². The lowest BCUT2D eigenvalue weighted by Crippen LogP contribution is -2.66. The summed E-state index contributed by atoms with van der Waals surface area (Å²) >= 11 is 0. The first-order valence-electron chi connectivity index (χ1n) is 13.9. The molecule has 2 aliphatic heterocycles. The molecule has 0 amide bonds. The second-order valence-corrected chi connectivity index (χ2v) is 16.8. The molecule has 15 nitrogen and oxygen atoms in total. The van der Waals surface area contributed by atoms with Crippen LogP contribution in [0.2, 0.25) is 18.1 Å². The van der Waals surface area contributed by atoms with Gasteiger partial charge in [-0.2, -0.15) is 0 Å². The molecule has 2 heterocycles. The molecular weight excluding hydrogens is 592 g/mol. The van der Waals surface area contributed by atoms with Gasteiger partial charge in [0.2, 0.25) is 0 Å². The highest BCUT2D eigenvalue weighted by molar-refractivity contribution is 6.74. The second kappa shape index (κ2) is 15.2. The van der Waals surface area contributed by atoms with Crippen LogP contribution in [0.25, 0.3) is 0 Å². The van der Waals surface area contributed by atoms with Gasteiger partial charge in [-0.05, 0) is 18.1 Å². The first-order valence-corrected chi connectivity index (χ1v) is 16.8. The summed E-state index contributed by atoms with van der Waals surface area (Å²) in [5, 5.41) is 22.2. The van der Waals surface area contributed by atoms with E-state index >= 15 is 0 Å². The molecule has 2 N–H and O–H groups in total. The van der Waals surface area contributed by atoms with Crippen LogP contribution in [-0.2, 0) is 61.5 Å². The third-order valence-electron chi connectivity index (χ3n) is 7.53. The van der Waals surface area contributed by atoms with E-state index < -0.39 is 100 Å². The molecule has 0 spiro atoms. The van der Waals surface area contributed by atoms with Crippen molar-refractivity contribution in [2.24, 2.45) is 0 Å². The van der Waals surface area contributed by atoms with Crippen LogP contribution in [0.4, 0.5) is 0 Å². The molecule has 6 unspecified atom stereocenters. The standard InChI is InChI=1S/C27H46O15Si/c1-13(28)35-11-18-21(37-14(2)29)23(38-15(3)30)24(39-16(4)31)26(41-18)42-22-19(32)17(40-25(34-8)20(22)33)12-36-43(9,10)27(5,6)7/h17-26,32-33H,11-12H2,1-10H3/t17?,18?,19-,20?,21-,22?,23?,24?,25+,26+/m1/s1. The summed E-state index contributed by atoms with van der Waals surface area (Å²) in [4.78, 5) is 47.8. The van der Waals surface area contributed by atoms with Crippen molar-refractivity contribution in [3.05, 3.63) is 0 Å². The van der Waals surface area contributed by atoms with Crippen LogP contribution in [0.3, 0.4) is 0 Å². The molecule has 43 heavy (non-hydrogen) atoms. The summed E-state index contributed by atoms with van der Waals surface area (Å²) in [5.41, 5.74) is 0. The van der Waals surface area contributed by atoms with Crippen LogP contribution in [0.15, 0.2) is 0 Å². The molecule has 0 aromatic heterocycles. The maximum atomic E-state index is 12.1. The summed E-state index contributed by atoms with van der Waals surface area (Å²) < 4.78 is 50.6. The Labute approximate surface area is 252 Å². The molecule has 16 heteroatoms. The van der Waals surface area contributed by atoms with Crippen molar-refractivity contribution in [3.8, 4) is 0 Å². The van der Waals surface area contributed by atoms with Crippen molar-refractivity contribution >= 4 is 32.2 Å². The van der Waals surface area contributed by atoms with Crippen molar-refractivity contribution in [3.63, 3.8) is 0 Å². The molecule has 0 saturated carbocycles. The number of esters is 4. The number of carbonyl (C=O) groups excluding carboxylic acids is 4. The number of aliphatic hydroxyl groups is 2. The highest BCUT2D eigenvalue weighted by Gasteiger charge is 2.56. The minimum absolute atomic E-state index is 0.0529. The van der Waals surface area contributed by atoms with E-state index in [-0.39, 0.29) is 11.6 Å². The Morgan fingerprint density at radius 3 is 1.70 bits per heavy atom. The first-order chi connectivity index (χ1) is 19.8. The SMILES string of the molecule is CO[C@H]1OC(CO[Si](C)(C)C(C)(C)C)[C@@H](O)C(O[C@@H]2OC(COC(C)=O)[C@@H](OC(C)=O)C(OC(C)=O)C2OC(C)=O)C1O. The van der Waals surface area contributed by atoms with Gasteiger partial charge in [0.1, 0.15) is 37.1 Å². The maximum Gasteiger partial charge on any atom is 0.303 e. The summed E-state index contributed by atoms with van der Waals surface area (Å²) in [7, 11) is -0.990. The quantitative estimate of drug-likeness (QED) is 0.181. The number of ether oxygens (including phenoxy) is 8. The van der Waals surface area contributed by atoms with E-state index in [1.54, 1.807) is 0 Å². The lowest BCUT2D eigenvalue weighted by Gasteiger charge is -2.48. The Bertz CT molecular complexity index is 982. The third kappa shape index (κ3) is 9.91. The van der Waals surface area contributed by atoms with Gasteiger partial charge in [-0.15, -0.1) is 0 Å². The predicted molar refractivity (Wildman–Crippen MR) is 148 cm³/mol. The minimum atomic E-state index is -2.28. The summed E-state index contributed by atoms with van der Waals surface area (Å²) in [6, 6.07) is 0. The molecule has 0 aliphatic carbocycles. The zero-order chi connectivity index (χ0) is 32.9. The van der Waals surface area contributed by atoms with Crippen LogP contribution >= 0.6 is 0 Å². The number of carbonyl (C=O) groups is 4. The molecular formula is C27H46O15Si. The van der Waals surface area contributed by atoms with Gasteiger partial charge in [0.25, 0.3) is 0 Å². The fourth-order valence-electron chi connectivity index (χ4n) is 4.36. The molecule has 0 aromatic rings. The molecule has 0 radical (unpaired) electrons. The second-order valence-electron chi connectivity index (χ2n) is 12.0. The highest BCUT2D eigenvalue weighted by Crippen LogP contribution is 2.38. The Hall–Kier alpha value is -2.18. The lowest BCUT2D eigenvalue weighted by molar-refractivity contribution is -0.358. The summed E-state index contributed by atoms with van der Waals surface area (Å²) in [5.74, 6) is -3.12. The fourth-order valence-corrected chi connectivity index (χ4v) is 5.37. The monoisotopic (exact) mass is 638 g/mol. The number of hydrogen-bond donors (Lipinski definition) is 2. The summed E-state index contributed by atoms with van der Waals surface area (Å²) in [6.07, 6.45) is -14.2. The molecule has 10 atom stereocenters. The van der Waals surface area contributed by atoms with E-state index in [2.05, 4.69) is 20.8 Å². The molecule has 2 rings (SSSR count). The normalized spacial score (nSPS) is 33.3. The van der Waals surface area contributed by atoms with Crippen molar-refractivity contribution in [1.29, 1.82) is 0 Å². The predicted octanol–water partition coefficient (Wildman–Crippen LogP) is 0.570. The first kappa shape index (κ1) is 37.0. The average Bonchev–Trinajstić information content (AvgIpc) is 2.86. The largest absolute Gasteiger partial charge is 0.463 e. The Morgan fingerprint density at radius 1 is 0.698 bits per heavy atom. The summed E-state index contributed by atoms with van der Waals surface area (Å²) in [6.45, 7) is 14.1. The molecule has 2 fully saturated rings. The number of hydrogen-bond acceptors (Lipinski definition) is 15. The van der Waals surface area contributed by atoms with Crippen molar-refractivity contribution < 1.29 is 71.7 Å². The highest BCUT2D eigenvalue weighted by atomic mass is 28.4.